The molecule has 138 valence electrons. The number of rotatable bonds is 4. The van der Waals surface area contributed by atoms with Crippen molar-refractivity contribution >= 4 is 60.2 Å². The number of halogens is 7. The fraction of sp³-hybridized carbons (Fsp3) is 0.571. The van der Waals surface area contributed by atoms with Gasteiger partial charge in [-0.05, 0) is 44.3 Å². The molecular weight excluding hydrogens is 544 g/mol. The Morgan fingerprint density at radius 3 is 2.29 bits per heavy atom. The summed E-state index contributed by atoms with van der Waals surface area (Å²) in [7, 11) is 0. The van der Waals surface area contributed by atoms with E-state index in [0.717, 1.165) is 13.1 Å². The Morgan fingerprint density at radius 2 is 1.75 bits per heavy atom. The van der Waals surface area contributed by atoms with Crippen LogP contribution in [0, 0.1) is 0 Å². The number of piperazine rings is 1. The highest BCUT2D eigenvalue weighted by molar-refractivity contribution is 9.11. The third kappa shape index (κ3) is 5.74. The zero-order valence-electron chi connectivity index (χ0n) is 12.5. The Morgan fingerprint density at radius 1 is 1.17 bits per heavy atom. The molecule has 10 heteroatoms. The van der Waals surface area contributed by atoms with Crippen molar-refractivity contribution in [1.29, 1.82) is 0 Å². The van der Waals surface area contributed by atoms with Crippen molar-refractivity contribution in [2.24, 2.45) is 0 Å². The Labute approximate surface area is 170 Å². The van der Waals surface area contributed by atoms with E-state index in [2.05, 4.69) is 53.1 Å². The van der Waals surface area contributed by atoms with Gasteiger partial charge in [-0.15, -0.1) is 12.4 Å². The molecule has 0 radical (unpaired) electrons. The van der Waals surface area contributed by atoms with Crippen molar-refractivity contribution in [3.8, 4) is 5.75 Å². The number of alkyl halides is 3. The molecule has 1 fully saturated rings. The van der Waals surface area contributed by atoms with Crippen molar-refractivity contribution in [2.75, 3.05) is 26.2 Å². The van der Waals surface area contributed by atoms with Gasteiger partial charge in [0, 0.05) is 48.7 Å². The van der Waals surface area contributed by atoms with Gasteiger partial charge in [0.15, 0.2) is 0 Å². The quantitative estimate of drug-likeness (QED) is 0.518. The average Bonchev–Trinajstić information content (AvgIpc) is 2.48. The van der Waals surface area contributed by atoms with Gasteiger partial charge in [-0.2, -0.15) is 13.2 Å². The summed E-state index contributed by atoms with van der Waals surface area (Å²) < 4.78 is 39.8. The number of hydrogen-bond acceptors (Lipinski definition) is 3. The molecule has 2 N–H and O–H groups in total. The standard InChI is InChI=1S/C14H16Br3F3N2O.ClH/c15-8-7-9(16)13(23)12(17)11(8)10(1-2-14(18,19)20)22-5-3-21-4-6-22;/h7,10,21,23H,1-6H2;1H/t10-;/m0./s1. The van der Waals surface area contributed by atoms with E-state index in [-0.39, 0.29) is 24.6 Å². The summed E-state index contributed by atoms with van der Waals surface area (Å²) in [5, 5.41) is 13.3. The van der Waals surface area contributed by atoms with Gasteiger partial charge in [-0.1, -0.05) is 15.9 Å². The first-order valence-electron chi connectivity index (χ1n) is 7.08. The zero-order valence-corrected chi connectivity index (χ0v) is 18.0. The molecule has 0 bridgehead atoms. The minimum atomic E-state index is -4.21. The molecule has 0 aromatic heterocycles. The number of aromatic hydroxyl groups is 1. The highest BCUT2D eigenvalue weighted by Crippen LogP contribution is 2.45. The minimum Gasteiger partial charge on any atom is -0.506 e. The van der Waals surface area contributed by atoms with Gasteiger partial charge in [0.25, 0.3) is 0 Å². The van der Waals surface area contributed by atoms with Crippen LogP contribution in [0.2, 0.25) is 0 Å². The Hall–Kier alpha value is 0.460. The molecule has 1 aromatic carbocycles. The molecule has 0 saturated carbocycles. The summed E-state index contributed by atoms with van der Waals surface area (Å²) in [5.74, 6) is -0.00431. The highest BCUT2D eigenvalue weighted by atomic mass is 79.9. The Balaban J connectivity index is 0.00000288. The van der Waals surface area contributed by atoms with Crippen LogP contribution in [0.15, 0.2) is 19.5 Å². The van der Waals surface area contributed by atoms with E-state index >= 15 is 0 Å². The lowest BCUT2D eigenvalue weighted by molar-refractivity contribution is -0.138. The summed E-state index contributed by atoms with van der Waals surface area (Å²) >= 11 is 9.99. The summed E-state index contributed by atoms with van der Waals surface area (Å²) in [6.07, 6.45) is -5.12. The van der Waals surface area contributed by atoms with Crippen LogP contribution in [0.4, 0.5) is 13.2 Å². The molecule has 3 nitrogen and oxygen atoms in total. The molecule has 1 atom stereocenters. The number of nitrogens with zero attached hydrogens (tertiary/aromatic N) is 1. The number of benzene rings is 1. The van der Waals surface area contributed by atoms with Gasteiger partial charge in [-0.25, -0.2) is 0 Å². The maximum absolute atomic E-state index is 12.7. The lowest BCUT2D eigenvalue weighted by Crippen LogP contribution is -2.45. The first kappa shape index (κ1) is 22.5. The molecule has 24 heavy (non-hydrogen) atoms. The summed E-state index contributed by atoms with van der Waals surface area (Å²) in [6.45, 7) is 2.80. The second-order valence-corrected chi connectivity index (χ2v) is 7.87. The van der Waals surface area contributed by atoms with Crippen LogP contribution in [-0.2, 0) is 0 Å². The largest absolute Gasteiger partial charge is 0.506 e. The van der Waals surface area contributed by atoms with Gasteiger partial charge in [-0.3, -0.25) is 4.90 Å². The van der Waals surface area contributed by atoms with E-state index in [0.29, 0.717) is 32.1 Å². The number of hydrogen-bond donors (Lipinski definition) is 2. The molecule has 0 amide bonds. The molecule has 1 aromatic rings. The van der Waals surface area contributed by atoms with Crippen LogP contribution in [0.25, 0.3) is 0 Å². The smallest absolute Gasteiger partial charge is 0.389 e. The maximum Gasteiger partial charge on any atom is 0.389 e. The average molecular weight is 561 g/mol. The molecular formula is C14H17Br3ClF3N2O. The molecule has 1 heterocycles. The summed E-state index contributed by atoms with van der Waals surface area (Å²) in [5.41, 5.74) is 0.650. The zero-order chi connectivity index (χ0) is 17.2. The van der Waals surface area contributed by atoms with E-state index < -0.39 is 18.6 Å². The predicted molar refractivity (Wildman–Crippen MR) is 101 cm³/mol. The van der Waals surface area contributed by atoms with Gasteiger partial charge in [0.2, 0.25) is 0 Å². The van der Waals surface area contributed by atoms with E-state index in [1.165, 1.54) is 0 Å². The van der Waals surface area contributed by atoms with Crippen molar-refractivity contribution in [1.82, 2.24) is 10.2 Å². The van der Waals surface area contributed by atoms with Crippen molar-refractivity contribution in [3.63, 3.8) is 0 Å². The molecule has 1 aliphatic heterocycles. The fourth-order valence-corrected chi connectivity index (χ4v) is 5.35. The molecule has 1 saturated heterocycles. The third-order valence-corrected chi connectivity index (χ3v) is 5.87. The second-order valence-electron chi connectivity index (χ2n) is 5.37. The lowest BCUT2D eigenvalue weighted by atomic mass is 9.99. The van der Waals surface area contributed by atoms with E-state index in [1.54, 1.807) is 6.07 Å². The van der Waals surface area contributed by atoms with Gasteiger partial charge in [0.1, 0.15) is 5.75 Å². The third-order valence-electron chi connectivity index (χ3n) is 3.81. The first-order valence-corrected chi connectivity index (χ1v) is 9.46. The van der Waals surface area contributed by atoms with Crippen LogP contribution < -0.4 is 5.32 Å². The van der Waals surface area contributed by atoms with Gasteiger partial charge >= 0.3 is 6.18 Å². The minimum absolute atomic E-state index is 0. The van der Waals surface area contributed by atoms with Crippen LogP contribution in [0.5, 0.6) is 5.75 Å². The van der Waals surface area contributed by atoms with E-state index in [1.807, 2.05) is 4.90 Å². The normalized spacial score (nSPS) is 17.4. The lowest BCUT2D eigenvalue weighted by Gasteiger charge is -2.36. The molecule has 0 aliphatic carbocycles. The van der Waals surface area contributed by atoms with Gasteiger partial charge in [0.05, 0.1) is 8.95 Å². The number of nitrogens with one attached hydrogen (secondary N) is 1. The SMILES string of the molecule is Cl.Oc1c(Br)cc(Br)c([C@H](CCC(F)(F)F)N2CCNCC2)c1Br. The maximum atomic E-state index is 12.7. The van der Waals surface area contributed by atoms with Crippen LogP contribution >= 0.6 is 60.2 Å². The highest BCUT2D eigenvalue weighted by Gasteiger charge is 2.33. The molecule has 0 unspecified atom stereocenters. The molecule has 0 spiro atoms. The first-order chi connectivity index (χ1) is 10.7. The van der Waals surface area contributed by atoms with Gasteiger partial charge < -0.3 is 10.4 Å². The fourth-order valence-electron chi connectivity index (χ4n) is 2.70. The Kier molecular flexibility index (Phi) is 8.82. The Bertz CT molecular complexity index is 569. The summed E-state index contributed by atoms with van der Waals surface area (Å²) in [4.78, 5) is 2.03. The topological polar surface area (TPSA) is 35.5 Å². The monoisotopic (exact) mass is 558 g/mol. The van der Waals surface area contributed by atoms with Crippen LogP contribution in [-0.4, -0.2) is 42.4 Å². The van der Waals surface area contributed by atoms with Crippen molar-refractivity contribution in [2.45, 2.75) is 25.1 Å². The predicted octanol–water partition coefficient (Wildman–Crippen LogP) is 5.39. The summed E-state index contributed by atoms with van der Waals surface area (Å²) in [6, 6.07) is 1.24. The molecule has 1 aliphatic rings. The van der Waals surface area contributed by atoms with Crippen molar-refractivity contribution < 1.29 is 18.3 Å². The van der Waals surface area contributed by atoms with Crippen molar-refractivity contribution in [3.05, 3.63) is 25.0 Å². The molecule has 2 rings (SSSR count). The van der Waals surface area contributed by atoms with Crippen LogP contribution in [0.3, 0.4) is 0 Å². The van der Waals surface area contributed by atoms with E-state index in [9.17, 15) is 18.3 Å². The number of phenolic OH excluding ortho intramolecular Hbond substituents is 1. The second kappa shape index (κ2) is 9.41. The van der Waals surface area contributed by atoms with E-state index in [4.69, 9.17) is 0 Å². The van der Waals surface area contributed by atoms with Crippen LogP contribution in [0.1, 0.15) is 24.4 Å². The number of phenols is 1.